The second-order valence-corrected chi connectivity index (χ2v) is 8.75. The molecule has 174 valence electrons. The molecule has 1 aliphatic carbocycles. The third-order valence-electron chi connectivity index (χ3n) is 6.52. The Morgan fingerprint density at radius 3 is 2.76 bits per heavy atom. The van der Waals surface area contributed by atoms with Gasteiger partial charge in [-0.05, 0) is 55.5 Å². The van der Waals surface area contributed by atoms with Crippen molar-refractivity contribution in [3.8, 4) is 5.75 Å². The molecule has 2 N–H and O–H groups in total. The first-order chi connectivity index (χ1) is 15.8. The number of carboxylic acids is 1. The molecule has 0 radical (unpaired) electrons. The van der Waals surface area contributed by atoms with E-state index in [0.717, 1.165) is 53.9 Å². The lowest BCUT2D eigenvalue weighted by Gasteiger charge is -2.22. The van der Waals surface area contributed by atoms with Gasteiger partial charge in [0.2, 0.25) is 0 Å². The lowest BCUT2D eigenvalue weighted by atomic mass is 10.0. The second-order valence-electron chi connectivity index (χ2n) is 8.75. The monoisotopic (exact) mass is 459 g/mol. The third kappa shape index (κ3) is 4.24. The van der Waals surface area contributed by atoms with Crippen molar-refractivity contribution in [3.63, 3.8) is 0 Å². The van der Waals surface area contributed by atoms with E-state index < -0.39 is 17.7 Å². The van der Waals surface area contributed by atoms with Crippen LogP contribution in [0.3, 0.4) is 0 Å². The fourth-order valence-electron chi connectivity index (χ4n) is 4.97. The van der Waals surface area contributed by atoms with Crippen molar-refractivity contribution in [1.82, 2.24) is 9.97 Å². The molecule has 1 unspecified atom stereocenters. The summed E-state index contributed by atoms with van der Waals surface area (Å²) in [5.74, 6) is -0.319. The molecule has 1 saturated heterocycles. The molecule has 2 aromatic heterocycles. The van der Waals surface area contributed by atoms with Crippen LogP contribution in [0.2, 0.25) is 0 Å². The van der Waals surface area contributed by atoms with Crippen molar-refractivity contribution in [2.75, 3.05) is 18.0 Å². The van der Waals surface area contributed by atoms with E-state index in [1.807, 2.05) is 12.1 Å². The van der Waals surface area contributed by atoms with Crippen LogP contribution >= 0.6 is 0 Å². The Labute approximate surface area is 188 Å². The van der Waals surface area contributed by atoms with Gasteiger partial charge in [0, 0.05) is 47.4 Å². The molecule has 0 spiro atoms. The zero-order valence-electron chi connectivity index (χ0n) is 17.9. The van der Waals surface area contributed by atoms with E-state index in [1.54, 1.807) is 11.0 Å². The largest absolute Gasteiger partial charge is 0.489 e. The van der Waals surface area contributed by atoms with E-state index >= 15 is 0 Å². The summed E-state index contributed by atoms with van der Waals surface area (Å²) in [4.78, 5) is 20.3. The summed E-state index contributed by atoms with van der Waals surface area (Å²) < 4.78 is 46.8. The number of alkyl halides is 3. The summed E-state index contributed by atoms with van der Waals surface area (Å²) in [7, 11) is 0. The lowest BCUT2D eigenvalue weighted by molar-refractivity contribution is -0.138. The third-order valence-corrected chi connectivity index (χ3v) is 6.52. The summed E-state index contributed by atoms with van der Waals surface area (Å²) in [6.07, 6.45) is 0.352. The molecule has 1 fully saturated rings. The Kier molecular flexibility index (Phi) is 5.42. The predicted molar refractivity (Wildman–Crippen MR) is 117 cm³/mol. The van der Waals surface area contributed by atoms with Crippen molar-refractivity contribution in [3.05, 3.63) is 52.8 Å². The van der Waals surface area contributed by atoms with Crippen LogP contribution in [0, 0.1) is 0 Å². The minimum Gasteiger partial charge on any atom is -0.489 e. The SMILES string of the molecule is O=C(O)CC1CCc2c1[nH]c1ccc(OCc3cnc(N4CCCC4)c(C(F)(F)F)c3)cc21. The molecule has 2 aliphatic rings. The van der Waals surface area contributed by atoms with Crippen molar-refractivity contribution in [1.29, 1.82) is 0 Å². The molecule has 0 amide bonds. The minimum absolute atomic E-state index is 0.0102. The Morgan fingerprint density at radius 1 is 1.24 bits per heavy atom. The van der Waals surface area contributed by atoms with Gasteiger partial charge in [-0.1, -0.05) is 0 Å². The number of ether oxygens (including phenoxy) is 1. The van der Waals surface area contributed by atoms with Gasteiger partial charge in [0.25, 0.3) is 0 Å². The number of aliphatic carboxylic acids is 1. The molecule has 6 nitrogen and oxygen atoms in total. The van der Waals surface area contributed by atoms with Gasteiger partial charge in [-0.15, -0.1) is 0 Å². The van der Waals surface area contributed by atoms with Crippen LogP contribution in [0.15, 0.2) is 30.5 Å². The maximum atomic E-state index is 13.7. The number of fused-ring (bicyclic) bond motifs is 3. The van der Waals surface area contributed by atoms with Crippen molar-refractivity contribution in [2.45, 2.75) is 50.8 Å². The molecule has 33 heavy (non-hydrogen) atoms. The van der Waals surface area contributed by atoms with E-state index in [0.29, 0.717) is 24.4 Å². The number of anilines is 1. The number of carboxylic acid groups (broad SMARTS) is 1. The van der Waals surface area contributed by atoms with Gasteiger partial charge >= 0.3 is 12.1 Å². The fourth-order valence-corrected chi connectivity index (χ4v) is 4.97. The first-order valence-electron chi connectivity index (χ1n) is 11.1. The quantitative estimate of drug-likeness (QED) is 0.525. The van der Waals surface area contributed by atoms with E-state index in [2.05, 4.69) is 9.97 Å². The van der Waals surface area contributed by atoms with Gasteiger partial charge in [0.1, 0.15) is 18.2 Å². The molecular formula is C24H24F3N3O3. The number of pyridine rings is 1. The number of nitrogens with zero attached hydrogens (tertiary/aromatic N) is 2. The number of benzene rings is 1. The number of aromatic nitrogens is 2. The second kappa shape index (κ2) is 8.28. The highest BCUT2D eigenvalue weighted by molar-refractivity contribution is 5.87. The molecule has 5 rings (SSSR count). The Hall–Kier alpha value is -3.23. The normalized spacial score (nSPS) is 18.2. The molecule has 0 saturated carbocycles. The number of rotatable bonds is 6. The number of aromatic amines is 1. The van der Waals surface area contributed by atoms with E-state index in [-0.39, 0.29) is 24.8 Å². The van der Waals surface area contributed by atoms with Gasteiger partial charge in [-0.3, -0.25) is 4.79 Å². The molecule has 0 bridgehead atoms. The number of hydrogen-bond acceptors (Lipinski definition) is 4. The highest BCUT2D eigenvalue weighted by Crippen LogP contribution is 2.41. The molecule has 3 heterocycles. The standard InChI is InChI=1S/C24H24F3N3O3/c25-24(26,27)19-9-14(12-28-23(19)30-7-1-2-8-30)13-33-16-4-6-20-18(11-16)17-5-3-15(10-21(31)32)22(17)29-20/h4,6,9,11-12,15,29H,1-3,5,7-8,10,13H2,(H,31,32). The van der Waals surface area contributed by atoms with Crippen LogP contribution in [-0.2, 0) is 24.0 Å². The zero-order chi connectivity index (χ0) is 23.2. The van der Waals surface area contributed by atoms with Gasteiger partial charge in [0.15, 0.2) is 0 Å². The van der Waals surface area contributed by atoms with Crippen molar-refractivity contribution < 1.29 is 27.8 Å². The van der Waals surface area contributed by atoms with E-state index in [1.165, 1.54) is 6.20 Å². The summed E-state index contributed by atoms with van der Waals surface area (Å²) in [6, 6.07) is 6.61. The number of carbonyl (C=O) groups is 1. The van der Waals surface area contributed by atoms with Gasteiger partial charge in [0.05, 0.1) is 12.0 Å². The Balaban J connectivity index is 1.36. The maximum absolute atomic E-state index is 13.7. The smallest absolute Gasteiger partial charge is 0.419 e. The number of H-pyrrole nitrogens is 1. The lowest BCUT2D eigenvalue weighted by Crippen LogP contribution is -2.23. The fraction of sp³-hybridized carbons (Fsp3) is 0.417. The first-order valence-corrected chi connectivity index (χ1v) is 11.1. The zero-order valence-corrected chi connectivity index (χ0v) is 17.9. The molecule has 1 atom stereocenters. The maximum Gasteiger partial charge on any atom is 0.419 e. The Bertz CT molecular complexity index is 1200. The Morgan fingerprint density at radius 2 is 2.03 bits per heavy atom. The van der Waals surface area contributed by atoms with E-state index in [4.69, 9.17) is 9.84 Å². The number of halogens is 3. The number of nitrogens with one attached hydrogen (secondary N) is 1. The van der Waals surface area contributed by atoms with Crippen molar-refractivity contribution >= 4 is 22.7 Å². The van der Waals surface area contributed by atoms with E-state index in [9.17, 15) is 18.0 Å². The van der Waals surface area contributed by atoms with Crippen LogP contribution in [-0.4, -0.2) is 34.1 Å². The number of hydrogen-bond donors (Lipinski definition) is 2. The van der Waals surface area contributed by atoms with Crippen LogP contribution < -0.4 is 9.64 Å². The van der Waals surface area contributed by atoms with Crippen molar-refractivity contribution in [2.24, 2.45) is 0 Å². The molecular weight excluding hydrogens is 435 g/mol. The molecule has 9 heteroatoms. The summed E-state index contributed by atoms with van der Waals surface area (Å²) in [5, 5.41) is 10.1. The van der Waals surface area contributed by atoms with Crippen LogP contribution in [0.4, 0.5) is 19.0 Å². The summed E-state index contributed by atoms with van der Waals surface area (Å²) in [5.41, 5.74) is 2.58. The highest BCUT2D eigenvalue weighted by Gasteiger charge is 2.37. The average Bonchev–Trinajstić information content (AvgIpc) is 3.49. The topological polar surface area (TPSA) is 78.4 Å². The molecule has 1 aromatic carbocycles. The van der Waals surface area contributed by atoms with Gasteiger partial charge in [-0.25, -0.2) is 4.98 Å². The van der Waals surface area contributed by atoms with Crippen LogP contribution in [0.25, 0.3) is 10.9 Å². The molecule has 1 aliphatic heterocycles. The van der Waals surface area contributed by atoms with Gasteiger partial charge < -0.3 is 19.7 Å². The van der Waals surface area contributed by atoms with Gasteiger partial charge in [-0.2, -0.15) is 13.2 Å². The summed E-state index contributed by atoms with van der Waals surface area (Å²) >= 11 is 0. The molecule has 3 aromatic rings. The predicted octanol–water partition coefficient (Wildman–Crippen LogP) is 5.27. The minimum atomic E-state index is -4.49. The highest BCUT2D eigenvalue weighted by atomic mass is 19.4. The first kappa shape index (κ1) is 21.6. The van der Waals surface area contributed by atoms with Crippen LogP contribution in [0.1, 0.15) is 54.0 Å². The average molecular weight is 459 g/mol. The van der Waals surface area contributed by atoms with Crippen LogP contribution in [0.5, 0.6) is 5.75 Å². The summed E-state index contributed by atoms with van der Waals surface area (Å²) in [6.45, 7) is 1.14. The number of aryl methyl sites for hydroxylation is 1.